The first-order valence-electron chi connectivity index (χ1n) is 6.82. The second-order valence-corrected chi connectivity index (χ2v) is 6.04. The molecule has 0 bridgehead atoms. The lowest BCUT2D eigenvalue weighted by Crippen LogP contribution is -2.40. The maximum atomic E-state index is 5.38. The van der Waals surface area contributed by atoms with Crippen LogP contribution in [0.3, 0.4) is 0 Å². The molecule has 0 aliphatic carbocycles. The molecule has 1 fully saturated rings. The fraction of sp³-hybridized carbons (Fsp3) is 0.600. The zero-order valence-corrected chi connectivity index (χ0v) is 12.6. The van der Waals surface area contributed by atoms with Gasteiger partial charge in [-0.15, -0.1) is 0 Å². The van der Waals surface area contributed by atoms with E-state index in [9.17, 15) is 0 Å². The molecule has 0 aromatic heterocycles. The molecule has 1 heterocycles. The van der Waals surface area contributed by atoms with E-state index in [2.05, 4.69) is 52.4 Å². The van der Waals surface area contributed by atoms with Crippen molar-refractivity contribution in [3.63, 3.8) is 0 Å². The fourth-order valence-corrected chi connectivity index (χ4v) is 2.65. The Bertz CT molecular complexity index is 346. The van der Waals surface area contributed by atoms with Crippen molar-refractivity contribution in [3.8, 4) is 0 Å². The third kappa shape index (κ3) is 4.71. The van der Waals surface area contributed by atoms with Crippen molar-refractivity contribution in [2.24, 2.45) is 0 Å². The number of aryl methyl sites for hydroxylation is 1. The summed E-state index contributed by atoms with van der Waals surface area (Å²) in [5, 5.41) is 3.71. The molecular weight excluding hydrogens is 290 g/mol. The summed E-state index contributed by atoms with van der Waals surface area (Å²) in [7, 11) is 0. The van der Waals surface area contributed by atoms with E-state index in [1.165, 1.54) is 12.0 Å². The monoisotopic (exact) mass is 311 g/mol. The molecule has 2 rings (SSSR count). The van der Waals surface area contributed by atoms with E-state index in [4.69, 9.17) is 4.74 Å². The third-order valence-corrected chi connectivity index (χ3v) is 4.05. The largest absolute Gasteiger partial charge is 0.381 e. The highest BCUT2D eigenvalue weighted by molar-refractivity contribution is 9.10. The summed E-state index contributed by atoms with van der Waals surface area (Å²) in [4.78, 5) is 0. The fourth-order valence-electron chi connectivity index (χ4n) is 2.38. The number of halogens is 1. The predicted molar refractivity (Wildman–Crippen MR) is 78.9 cm³/mol. The van der Waals surface area contributed by atoms with Crippen molar-refractivity contribution in [1.29, 1.82) is 0 Å². The number of hydrogen-bond donors (Lipinski definition) is 1. The van der Waals surface area contributed by atoms with Crippen LogP contribution in [0.5, 0.6) is 0 Å². The van der Waals surface area contributed by atoms with E-state index in [0.717, 1.165) is 36.9 Å². The van der Waals surface area contributed by atoms with E-state index < -0.39 is 0 Å². The second-order valence-electron chi connectivity index (χ2n) is 5.12. The Morgan fingerprint density at radius 1 is 1.28 bits per heavy atom. The molecule has 1 N–H and O–H groups in total. The van der Waals surface area contributed by atoms with E-state index in [1.54, 1.807) is 0 Å². The molecule has 1 aliphatic heterocycles. The van der Waals surface area contributed by atoms with Gasteiger partial charge in [-0.1, -0.05) is 28.1 Å². The number of benzene rings is 1. The molecule has 100 valence electrons. The molecule has 1 aromatic rings. The van der Waals surface area contributed by atoms with Gasteiger partial charge < -0.3 is 10.1 Å². The van der Waals surface area contributed by atoms with Crippen LogP contribution in [0.1, 0.15) is 31.7 Å². The number of nitrogens with one attached hydrogen (secondary N) is 1. The highest BCUT2D eigenvalue weighted by atomic mass is 79.9. The van der Waals surface area contributed by atoms with Crippen molar-refractivity contribution in [1.82, 2.24) is 5.32 Å². The van der Waals surface area contributed by atoms with Crippen molar-refractivity contribution in [3.05, 3.63) is 34.3 Å². The van der Waals surface area contributed by atoms with Gasteiger partial charge in [0.15, 0.2) is 0 Å². The summed E-state index contributed by atoms with van der Waals surface area (Å²) in [6.07, 6.45) is 4.65. The molecule has 0 unspecified atom stereocenters. The molecule has 18 heavy (non-hydrogen) atoms. The van der Waals surface area contributed by atoms with Crippen LogP contribution in [-0.2, 0) is 11.2 Å². The van der Waals surface area contributed by atoms with Crippen molar-refractivity contribution < 1.29 is 4.74 Å². The first-order valence-corrected chi connectivity index (χ1v) is 7.61. The Morgan fingerprint density at radius 2 is 1.94 bits per heavy atom. The Balaban J connectivity index is 1.70. The minimum atomic E-state index is 0.580. The average molecular weight is 312 g/mol. The first-order chi connectivity index (χ1) is 8.74. The highest BCUT2D eigenvalue weighted by Crippen LogP contribution is 2.13. The van der Waals surface area contributed by atoms with Gasteiger partial charge in [0.1, 0.15) is 0 Å². The minimum Gasteiger partial charge on any atom is -0.381 e. The van der Waals surface area contributed by atoms with Gasteiger partial charge in [-0.2, -0.15) is 0 Å². The maximum Gasteiger partial charge on any atom is 0.0480 e. The molecule has 3 heteroatoms. The van der Waals surface area contributed by atoms with E-state index in [1.807, 2.05) is 0 Å². The standard InChI is InChI=1S/C15H22BrNO/c1-12(17-15-8-10-18-11-9-15)2-3-13-4-6-14(16)7-5-13/h4-7,12,15,17H,2-3,8-11H2,1H3/t12-/m1/s1. The highest BCUT2D eigenvalue weighted by Gasteiger charge is 2.15. The molecule has 0 saturated carbocycles. The summed E-state index contributed by atoms with van der Waals surface area (Å²) < 4.78 is 6.53. The van der Waals surface area contributed by atoms with Gasteiger partial charge in [0, 0.05) is 29.8 Å². The summed E-state index contributed by atoms with van der Waals surface area (Å²) in [5.41, 5.74) is 1.42. The van der Waals surface area contributed by atoms with Crippen molar-refractivity contribution in [2.45, 2.75) is 44.7 Å². The third-order valence-electron chi connectivity index (χ3n) is 3.52. The van der Waals surface area contributed by atoms with Gasteiger partial charge in [-0.05, 0) is 50.3 Å². The molecule has 2 nitrogen and oxygen atoms in total. The first kappa shape index (κ1) is 14.0. The summed E-state index contributed by atoms with van der Waals surface area (Å²) >= 11 is 3.47. The van der Waals surface area contributed by atoms with Crippen LogP contribution in [0.15, 0.2) is 28.7 Å². The van der Waals surface area contributed by atoms with E-state index in [-0.39, 0.29) is 0 Å². The van der Waals surface area contributed by atoms with Crippen LogP contribution in [0.4, 0.5) is 0 Å². The maximum absolute atomic E-state index is 5.38. The zero-order valence-electron chi connectivity index (χ0n) is 11.0. The molecule has 0 amide bonds. The van der Waals surface area contributed by atoms with Crippen LogP contribution >= 0.6 is 15.9 Å². The van der Waals surface area contributed by atoms with Gasteiger partial charge in [0.25, 0.3) is 0 Å². The Kier molecular flexibility index (Phi) is 5.67. The summed E-state index contributed by atoms with van der Waals surface area (Å²) in [6, 6.07) is 9.87. The van der Waals surface area contributed by atoms with Crippen molar-refractivity contribution >= 4 is 15.9 Å². The number of rotatable bonds is 5. The summed E-state index contributed by atoms with van der Waals surface area (Å²) in [6.45, 7) is 4.11. The second kappa shape index (κ2) is 7.27. The Labute approximate surface area is 118 Å². The lowest BCUT2D eigenvalue weighted by atomic mass is 10.0. The molecule has 0 radical (unpaired) electrons. The minimum absolute atomic E-state index is 0.580. The summed E-state index contributed by atoms with van der Waals surface area (Å²) in [5.74, 6) is 0. The number of ether oxygens (including phenoxy) is 1. The zero-order chi connectivity index (χ0) is 12.8. The van der Waals surface area contributed by atoms with Gasteiger partial charge >= 0.3 is 0 Å². The topological polar surface area (TPSA) is 21.3 Å². The quantitative estimate of drug-likeness (QED) is 0.898. The van der Waals surface area contributed by atoms with Crippen LogP contribution in [-0.4, -0.2) is 25.3 Å². The van der Waals surface area contributed by atoms with Crippen LogP contribution < -0.4 is 5.32 Å². The lowest BCUT2D eigenvalue weighted by molar-refractivity contribution is 0.0752. The average Bonchev–Trinajstić information content (AvgIpc) is 2.39. The van der Waals surface area contributed by atoms with E-state index in [0.29, 0.717) is 12.1 Å². The van der Waals surface area contributed by atoms with Crippen LogP contribution in [0.2, 0.25) is 0 Å². The molecule has 1 aromatic carbocycles. The van der Waals surface area contributed by atoms with Gasteiger partial charge in [-0.3, -0.25) is 0 Å². The molecule has 1 aliphatic rings. The SMILES string of the molecule is C[C@H](CCc1ccc(Br)cc1)NC1CCOCC1. The van der Waals surface area contributed by atoms with Gasteiger partial charge in [-0.25, -0.2) is 0 Å². The molecule has 0 spiro atoms. The normalized spacial score (nSPS) is 18.8. The van der Waals surface area contributed by atoms with Crippen LogP contribution in [0.25, 0.3) is 0 Å². The van der Waals surface area contributed by atoms with E-state index >= 15 is 0 Å². The van der Waals surface area contributed by atoms with Gasteiger partial charge in [0.2, 0.25) is 0 Å². The van der Waals surface area contributed by atoms with Crippen molar-refractivity contribution in [2.75, 3.05) is 13.2 Å². The molecule has 1 saturated heterocycles. The Hall–Kier alpha value is -0.380. The Morgan fingerprint density at radius 3 is 2.61 bits per heavy atom. The lowest BCUT2D eigenvalue weighted by Gasteiger charge is -2.26. The molecule has 1 atom stereocenters. The smallest absolute Gasteiger partial charge is 0.0480 e. The number of hydrogen-bond acceptors (Lipinski definition) is 2. The van der Waals surface area contributed by atoms with Gasteiger partial charge in [0.05, 0.1) is 0 Å². The van der Waals surface area contributed by atoms with Crippen LogP contribution in [0, 0.1) is 0 Å². The predicted octanol–water partition coefficient (Wildman–Crippen LogP) is 3.54. The molecular formula is C15H22BrNO.